The van der Waals surface area contributed by atoms with Crippen LogP contribution in [-0.2, 0) is 9.53 Å². The first-order chi connectivity index (χ1) is 12.6. The van der Waals surface area contributed by atoms with Crippen LogP contribution < -0.4 is 15.5 Å². The van der Waals surface area contributed by atoms with Gasteiger partial charge in [0.15, 0.2) is 5.96 Å². The van der Waals surface area contributed by atoms with Crippen molar-refractivity contribution in [2.75, 3.05) is 38.2 Å². The topological polar surface area (TPSA) is 66.0 Å². The number of carbonyl (C=O) groups is 1. The average molecular weight is 553 g/mol. The maximum atomic E-state index is 11.1. The number of nitrogens with zero attached hydrogens (tertiary/aromatic N) is 2. The van der Waals surface area contributed by atoms with Crippen LogP contribution in [0.2, 0.25) is 0 Å². The van der Waals surface area contributed by atoms with Gasteiger partial charge >= 0.3 is 5.97 Å². The maximum absolute atomic E-state index is 11.1. The lowest BCUT2D eigenvalue weighted by atomic mass is 10.2. The first-order valence-corrected chi connectivity index (χ1v) is 10.0. The van der Waals surface area contributed by atoms with Crippen molar-refractivity contribution < 1.29 is 9.53 Å². The van der Waals surface area contributed by atoms with E-state index in [0.717, 1.165) is 49.3 Å². The van der Waals surface area contributed by atoms with Crippen LogP contribution in [0.5, 0.6) is 0 Å². The van der Waals surface area contributed by atoms with Gasteiger partial charge in [-0.15, -0.1) is 24.0 Å². The Labute approximate surface area is 187 Å². The predicted molar refractivity (Wildman–Crippen MR) is 125 cm³/mol. The summed E-state index contributed by atoms with van der Waals surface area (Å²) >= 11 is 3.48. The van der Waals surface area contributed by atoms with E-state index in [1.165, 1.54) is 12.8 Å². The number of hydrogen-bond donors (Lipinski definition) is 2. The zero-order chi connectivity index (χ0) is 18.8. The minimum atomic E-state index is -0.155. The summed E-state index contributed by atoms with van der Waals surface area (Å²) in [6, 6.07) is 8.83. The summed E-state index contributed by atoms with van der Waals surface area (Å²) in [5.74, 6) is 0.700. The number of unbranched alkanes of at least 4 members (excludes halogenated alkanes) is 1. The normalized spacial score (nSPS) is 16.6. The Hall–Kier alpha value is -1.03. The molecule has 6 nitrogen and oxygen atoms in total. The van der Waals surface area contributed by atoms with Crippen LogP contribution in [0.3, 0.4) is 0 Å². The van der Waals surface area contributed by atoms with Gasteiger partial charge in [-0.2, -0.15) is 0 Å². The van der Waals surface area contributed by atoms with E-state index in [-0.39, 0.29) is 29.9 Å². The van der Waals surface area contributed by atoms with Gasteiger partial charge in [0.2, 0.25) is 0 Å². The fourth-order valence-electron chi connectivity index (χ4n) is 2.95. The van der Waals surface area contributed by atoms with Crippen molar-refractivity contribution in [3.05, 3.63) is 28.7 Å². The summed E-state index contributed by atoms with van der Waals surface area (Å²) in [7, 11) is 1.42. The average Bonchev–Trinajstić information content (AvgIpc) is 3.10. The number of methoxy groups -OCH3 is 1. The molecule has 152 valence electrons. The summed E-state index contributed by atoms with van der Waals surface area (Å²) in [6.07, 6.45) is 3.22. The fourth-order valence-corrected chi connectivity index (χ4v) is 3.22. The fraction of sp³-hybridized carbons (Fsp3) is 0.579. The van der Waals surface area contributed by atoms with Crippen molar-refractivity contribution in [1.82, 2.24) is 10.6 Å². The highest BCUT2D eigenvalue weighted by atomic mass is 127. The van der Waals surface area contributed by atoms with E-state index < -0.39 is 0 Å². The quantitative estimate of drug-likeness (QED) is 0.170. The van der Waals surface area contributed by atoms with E-state index in [1.54, 1.807) is 0 Å². The van der Waals surface area contributed by atoms with Gasteiger partial charge < -0.3 is 20.3 Å². The molecule has 8 heteroatoms. The van der Waals surface area contributed by atoms with Crippen LogP contribution in [0.4, 0.5) is 5.69 Å². The van der Waals surface area contributed by atoms with Gasteiger partial charge in [-0.1, -0.05) is 15.9 Å². The summed E-state index contributed by atoms with van der Waals surface area (Å²) in [5, 5.41) is 6.84. The van der Waals surface area contributed by atoms with Crippen LogP contribution >= 0.6 is 39.9 Å². The van der Waals surface area contributed by atoms with E-state index in [1.807, 2.05) is 0 Å². The lowest BCUT2D eigenvalue weighted by Gasteiger charge is -2.20. The number of aliphatic imine (C=N–C) groups is 1. The molecule has 1 aromatic rings. The molecule has 1 aliphatic heterocycles. The monoisotopic (exact) mass is 552 g/mol. The van der Waals surface area contributed by atoms with Gasteiger partial charge in [-0.3, -0.25) is 9.79 Å². The van der Waals surface area contributed by atoms with Crippen molar-refractivity contribution >= 4 is 57.5 Å². The zero-order valence-corrected chi connectivity index (χ0v) is 20.0. The first-order valence-electron chi connectivity index (χ1n) is 9.24. The largest absolute Gasteiger partial charge is 0.469 e. The third kappa shape index (κ3) is 8.68. The number of esters is 1. The molecule has 0 aliphatic carbocycles. The van der Waals surface area contributed by atoms with Crippen LogP contribution in [0, 0.1) is 0 Å². The van der Waals surface area contributed by atoms with E-state index in [0.29, 0.717) is 19.0 Å². The molecular formula is C19H30BrIN4O2. The SMILES string of the molecule is CCNC(=NCCCCC(=O)OC)NC1CCN(c2ccc(Br)cc2)C1.I. The lowest BCUT2D eigenvalue weighted by molar-refractivity contribution is -0.140. The Morgan fingerprint density at radius 1 is 1.33 bits per heavy atom. The van der Waals surface area contributed by atoms with Gasteiger partial charge in [0.25, 0.3) is 0 Å². The van der Waals surface area contributed by atoms with Crippen LogP contribution in [0.1, 0.15) is 32.6 Å². The number of anilines is 1. The molecule has 1 aliphatic rings. The second kappa shape index (κ2) is 13.2. The molecule has 1 aromatic carbocycles. The predicted octanol–water partition coefficient (Wildman–Crippen LogP) is 3.54. The number of hydrogen-bond acceptors (Lipinski definition) is 4. The van der Waals surface area contributed by atoms with Crippen molar-refractivity contribution in [2.24, 2.45) is 4.99 Å². The lowest BCUT2D eigenvalue weighted by Crippen LogP contribution is -2.44. The molecule has 1 saturated heterocycles. The highest BCUT2D eigenvalue weighted by Crippen LogP contribution is 2.22. The molecule has 1 atom stereocenters. The van der Waals surface area contributed by atoms with Gasteiger partial charge in [-0.25, -0.2) is 0 Å². The first kappa shape index (κ1) is 24.0. The van der Waals surface area contributed by atoms with Gasteiger partial charge in [0.1, 0.15) is 0 Å². The summed E-state index contributed by atoms with van der Waals surface area (Å²) in [4.78, 5) is 18.1. The van der Waals surface area contributed by atoms with E-state index >= 15 is 0 Å². The van der Waals surface area contributed by atoms with Gasteiger partial charge in [0.05, 0.1) is 7.11 Å². The van der Waals surface area contributed by atoms with E-state index in [4.69, 9.17) is 0 Å². The molecule has 1 unspecified atom stereocenters. The highest BCUT2D eigenvalue weighted by molar-refractivity contribution is 14.0. The van der Waals surface area contributed by atoms with E-state index in [2.05, 4.69) is 72.4 Å². The zero-order valence-electron chi connectivity index (χ0n) is 16.0. The van der Waals surface area contributed by atoms with Crippen molar-refractivity contribution in [3.8, 4) is 0 Å². The Morgan fingerprint density at radius 3 is 2.74 bits per heavy atom. The molecule has 0 aromatic heterocycles. The molecule has 27 heavy (non-hydrogen) atoms. The number of halogens is 2. The molecule has 0 bridgehead atoms. The third-order valence-corrected chi connectivity index (χ3v) is 4.88. The second-order valence-electron chi connectivity index (χ2n) is 6.35. The molecule has 0 spiro atoms. The van der Waals surface area contributed by atoms with Crippen molar-refractivity contribution in [3.63, 3.8) is 0 Å². The molecular weight excluding hydrogens is 523 g/mol. The number of benzene rings is 1. The van der Waals surface area contributed by atoms with Crippen LogP contribution in [0.25, 0.3) is 0 Å². The second-order valence-corrected chi connectivity index (χ2v) is 7.26. The van der Waals surface area contributed by atoms with Gasteiger partial charge in [-0.05, 0) is 50.5 Å². The number of rotatable bonds is 8. The third-order valence-electron chi connectivity index (χ3n) is 4.35. The Bertz CT molecular complexity index is 598. The highest BCUT2D eigenvalue weighted by Gasteiger charge is 2.23. The molecule has 0 radical (unpaired) electrons. The molecule has 0 amide bonds. The number of carbonyl (C=O) groups excluding carboxylic acids is 1. The minimum Gasteiger partial charge on any atom is -0.469 e. The smallest absolute Gasteiger partial charge is 0.305 e. The van der Waals surface area contributed by atoms with E-state index in [9.17, 15) is 4.79 Å². The number of ether oxygens (including phenoxy) is 1. The van der Waals surface area contributed by atoms with Gasteiger partial charge in [0, 0.05) is 48.8 Å². The Balaban J connectivity index is 0.00000364. The molecule has 2 N–H and O–H groups in total. The minimum absolute atomic E-state index is 0. The Kier molecular flexibility index (Phi) is 11.7. The summed E-state index contributed by atoms with van der Waals surface area (Å²) in [5.41, 5.74) is 1.25. The number of nitrogens with one attached hydrogen (secondary N) is 2. The van der Waals surface area contributed by atoms with Crippen LogP contribution in [-0.4, -0.2) is 51.3 Å². The van der Waals surface area contributed by atoms with Crippen molar-refractivity contribution in [1.29, 1.82) is 0 Å². The maximum Gasteiger partial charge on any atom is 0.305 e. The molecule has 0 saturated carbocycles. The summed E-state index contributed by atoms with van der Waals surface area (Å²) < 4.78 is 5.75. The van der Waals surface area contributed by atoms with Crippen LogP contribution in [0.15, 0.2) is 33.7 Å². The summed E-state index contributed by atoms with van der Waals surface area (Å²) in [6.45, 7) is 5.61. The standard InChI is InChI=1S/C19H29BrN4O2.HI/c1-3-21-19(22-12-5-4-6-18(25)26-2)23-16-11-13-24(14-16)17-9-7-15(20)8-10-17;/h7-10,16H,3-6,11-14H2,1-2H3,(H2,21,22,23);1H. The number of guanidine groups is 1. The molecule has 2 rings (SSSR count). The van der Waals surface area contributed by atoms with Crippen molar-refractivity contribution in [2.45, 2.75) is 38.6 Å². The molecule has 1 heterocycles. The molecule has 1 fully saturated rings. The Morgan fingerprint density at radius 2 is 2.07 bits per heavy atom.